The van der Waals surface area contributed by atoms with Gasteiger partial charge in [-0.1, -0.05) is 6.07 Å². The maximum Gasteiger partial charge on any atom is 0.416 e. The summed E-state index contributed by atoms with van der Waals surface area (Å²) in [6.45, 7) is 3.65. The Hall–Kier alpha value is -1.53. The number of hydrogen-bond acceptors (Lipinski definition) is 3. The Balaban J connectivity index is 1.44. The predicted octanol–water partition coefficient (Wildman–Crippen LogP) is 5.66. The number of alkyl halides is 3. The van der Waals surface area contributed by atoms with Crippen molar-refractivity contribution in [3.8, 4) is 5.75 Å². The molecule has 1 aliphatic carbocycles. The molecule has 1 aromatic carbocycles. The first kappa shape index (κ1) is 18.8. The van der Waals surface area contributed by atoms with Crippen LogP contribution in [0.15, 0.2) is 41.1 Å². The highest BCUT2D eigenvalue weighted by molar-refractivity contribution is 7.07. The van der Waals surface area contributed by atoms with Crippen LogP contribution in [-0.4, -0.2) is 31.1 Å². The number of rotatable bonds is 6. The van der Waals surface area contributed by atoms with Crippen LogP contribution in [0.1, 0.15) is 36.3 Å². The van der Waals surface area contributed by atoms with E-state index in [4.69, 9.17) is 4.74 Å². The summed E-state index contributed by atoms with van der Waals surface area (Å²) in [5.41, 5.74) is 0.678. The lowest BCUT2D eigenvalue weighted by Crippen LogP contribution is -2.42. The van der Waals surface area contributed by atoms with Gasteiger partial charge in [-0.3, -0.25) is 0 Å². The molecule has 0 unspecified atom stereocenters. The van der Waals surface area contributed by atoms with Crippen molar-refractivity contribution in [2.45, 2.75) is 31.4 Å². The smallest absolute Gasteiger partial charge is 0.416 e. The van der Waals surface area contributed by atoms with Crippen molar-refractivity contribution in [1.82, 2.24) is 4.90 Å². The van der Waals surface area contributed by atoms with Crippen LogP contribution in [0.25, 0.3) is 0 Å². The molecule has 27 heavy (non-hydrogen) atoms. The summed E-state index contributed by atoms with van der Waals surface area (Å²) in [4.78, 5) is 2.51. The summed E-state index contributed by atoms with van der Waals surface area (Å²) in [6.07, 6.45) is -0.601. The predicted molar refractivity (Wildman–Crippen MR) is 101 cm³/mol. The Labute approximate surface area is 162 Å². The summed E-state index contributed by atoms with van der Waals surface area (Å²) in [5, 5.41) is 4.29. The molecule has 0 radical (unpaired) electrons. The monoisotopic (exact) mass is 395 g/mol. The SMILES string of the molecule is FC(F)(F)c1cccc(OC[C@@H]2CN(CC3CC3)CC[C@H]2c2ccsc2)c1. The van der Waals surface area contributed by atoms with Crippen molar-refractivity contribution in [2.75, 3.05) is 26.2 Å². The summed E-state index contributed by atoms with van der Waals surface area (Å²) in [5.74, 6) is 1.85. The molecule has 4 rings (SSSR count). The third-order valence-corrected chi connectivity index (χ3v) is 6.33. The normalized spacial score (nSPS) is 24.1. The average molecular weight is 395 g/mol. The number of thiophene rings is 1. The van der Waals surface area contributed by atoms with Gasteiger partial charge in [0.25, 0.3) is 0 Å². The topological polar surface area (TPSA) is 12.5 Å². The summed E-state index contributed by atoms with van der Waals surface area (Å²) in [6, 6.07) is 7.38. The molecule has 2 aromatic rings. The molecule has 0 N–H and O–H groups in total. The van der Waals surface area contributed by atoms with E-state index in [1.54, 1.807) is 17.4 Å². The average Bonchev–Trinajstić information content (AvgIpc) is 3.29. The van der Waals surface area contributed by atoms with Gasteiger partial charge in [0.05, 0.1) is 12.2 Å². The Morgan fingerprint density at radius 2 is 2.00 bits per heavy atom. The minimum absolute atomic E-state index is 0.293. The van der Waals surface area contributed by atoms with Crippen LogP contribution in [0, 0.1) is 11.8 Å². The highest BCUT2D eigenvalue weighted by atomic mass is 32.1. The molecule has 2 nitrogen and oxygen atoms in total. The molecule has 2 atom stereocenters. The zero-order chi connectivity index (χ0) is 18.9. The quantitative estimate of drug-likeness (QED) is 0.626. The Bertz CT molecular complexity index is 742. The molecule has 0 spiro atoms. The van der Waals surface area contributed by atoms with E-state index in [1.165, 1.54) is 24.5 Å². The van der Waals surface area contributed by atoms with Crippen LogP contribution in [-0.2, 0) is 6.18 Å². The molecular weight excluding hydrogens is 371 g/mol. The van der Waals surface area contributed by atoms with Crippen molar-refractivity contribution in [3.63, 3.8) is 0 Å². The number of likely N-dealkylation sites (tertiary alicyclic amines) is 1. The lowest BCUT2D eigenvalue weighted by molar-refractivity contribution is -0.137. The summed E-state index contributed by atoms with van der Waals surface area (Å²) in [7, 11) is 0. The van der Waals surface area contributed by atoms with Gasteiger partial charge in [0.2, 0.25) is 0 Å². The third kappa shape index (κ3) is 4.85. The molecule has 1 aliphatic heterocycles. The van der Waals surface area contributed by atoms with Gasteiger partial charge < -0.3 is 9.64 Å². The lowest BCUT2D eigenvalue weighted by atomic mass is 9.82. The van der Waals surface area contributed by atoms with Gasteiger partial charge in [0.15, 0.2) is 0 Å². The van der Waals surface area contributed by atoms with Gasteiger partial charge in [-0.25, -0.2) is 0 Å². The highest BCUT2D eigenvalue weighted by Gasteiger charge is 2.34. The Morgan fingerprint density at radius 3 is 2.70 bits per heavy atom. The van der Waals surface area contributed by atoms with Crippen molar-refractivity contribution >= 4 is 11.3 Å². The number of piperidine rings is 1. The molecule has 0 amide bonds. The fraction of sp³-hybridized carbons (Fsp3) is 0.524. The second kappa shape index (κ2) is 7.84. The summed E-state index contributed by atoms with van der Waals surface area (Å²) < 4.78 is 44.6. The minimum Gasteiger partial charge on any atom is -0.493 e. The maximum absolute atomic E-state index is 12.9. The van der Waals surface area contributed by atoms with Gasteiger partial charge in [0.1, 0.15) is 5.75 Å². The first-order chi connectivity index (χ1) is 13.0. The molecule has 1 aromatic heterocycles. The molecule has 1 saturated heterocycles. The number of nitrogens with zero attached hydrogens (tertiary/aromatic N) is 1. The van der Waals surface area contributed by atoms with Crippen molar-refractivity contribution in [1.29, 1.82) is 0 Å². The van der Waals surface area contributed by atoms with E-state index in [9.17, 15) is 13.2 Å². The van der Waals surface area contributed by atoms with Crippen LogP contribution in [0.4, 0.5) is 13.2 Å². The van der Waals surface area contributed by atoms with E-state index < -0.39 is 11.7 Å². The number of ether oxygens (including phenoxy) is 1. The van der Waals surface area contributed by atoms with E-state index in [0.717, 1.165) is 44.1 Å². The van der Waals surface area contributed by atoms with Crippen LogP contribution in [0.2, 0.25) is 0 Å². The number of hydrogen-bond donors (Lipinski definition) is 0. The van der Waals surface area contributed by atoms with E-state index in [2.05, 4.69) is 21.7 Å². The summed E-state index contributed by atoms with van der Waals surface area (Å²) >= 11 is 1.70. The van der Waals surface area contributed by atoms with Crippen LogP contribution in [0.3, 0.4) is 0 Å². The molecule has 2 heterocycles. The first-order valence-electron chi connectivity index (χ1n) is 9.53. The molecule has 6 heteroatoms. The molecule has 2 fully saturated rings. The Kier molecular flexibility index (Phi) is 5.46. The van der Waals surface area contributed by atoms with Gasteiger partial charge in [0, 0.05) is 19.0 Å². The van der Waals surface area contributed by atoms with Gasteiger partial charge in [-0.05, 0) is 78.2 Å². The van der Waals surface area contributed by atoms with Crippen molar-refractivity contribution in [3.05, 3.63) is 52.2 Å². The van der Waals surface area contributed by atoms with E-state index >= 15 is 0 Å². The number of halogens is 3. The Morgan fingerprint density at radius 1 is 1.15 bits per heavy atom. The van der Waals surface area contributed by atoms with Gasteiger partial charge >= 0.3 is 6.18 Å². The largest absolute Gasteiger partial charge is 0.493 e. The first-order valence-corrected chi connectivity index (χ1v) is 10.5. The fourth-order valence-corrected chi connectivity index (χ4v) is 4.72. The zero-order valence-corrected chi connectivity index (χ0v) is 15.9. The van der Waals surface area contributed by atoms with Crippen molar-refractivity contribution in [2.24, 2.45) is 11.8 Å². The van der Waals surface area contributed by atoms with Crippen LogP contribution < -0.4 is 4.74 Å². The van der Waals surface area contributed by atoms with E-state index in [1.807, 2.05) is 0 Å². The van der Waals surface area contributed by atoms with Crippen LogP contribution >= 0.6 is 11.3 Å². The molecular formula is C21H24F3NOS. The van der Waals surface area contributed by atoms with Gasteiger partial charge in [-0.15, -0.1) is 0 Å². The standard InChI is InChI=1S/C21H24F3NOS/c22-21(23,24)18-2-1-3-19(10-18)26-13-17-12-25(11-15-4-5-15)8-6-20(17)16-7-9-27-14-16/h1-3,7,9-10,14-15,17,20H,4-6,8,11-13H2/t17-,20-/m0/s1. The zero-order valence-electron chi connectivity index (χ0n) is 15.1. The highest BCUT2D eigenvalue weighted by Crippen LogP contribution is 2.37. The van der Waals surface area contributed by atoms with Crippen molar-refractivity contribution < 1.29 is 17.9 Å². The maximum atomic E-state index is 12.9. The minimum atomic E-state index is -4.34. The third-order valence-electron chi connectivity index (χ3n) is 5.63. The number of benzene rings is 1. The van der Waals surface area contributed by atoms with E-state index in [-0.39, 0.29) is 0 Å². The second-order valence-corrected chi connectivity index (χ2v) is 8.53. The van der Waals surface area contributed by atoms with E-state index in [0.29, 0.717) is 24.2 Å². The molecule has 1 saturated carbocycles. The molecule has 146 valence electrons. The van der Waals surface area contributed by atoms with Gasteiger partial charge in [-0.2, -0.15) is 24.5 Å². The second-order valence-electron chi connectivity index (χ2n) is 7.75. The molecule has 0 bridgehead atoms. The molecule has 2 aliphatic rings. The lowest BCUT2D eigenvalue weighted by Gasteiger charge is -2.38. The van der Waals surface area contributed by atoms with Crippen LogP contribution in [0.5, 0.6) is 5.75 Å². The fourth-order valence-electron chi connectivity index (χ4n) is 4.00.